The maximum Gasteiger partial charge on any atom is 0.275 e. The average Bonchev–Trinajstić information content (AvgIpc) is 3.20. The Balaban J connectivity index is 1.73. The van der Waals surface area contributed by atoms with Crippen molar-refractivity contribution in [3.8, 4) is 0 Å². The molecule has 0 bridgehead atoms. The summed E-state index contributed by atoms with van der Waals surface area (Å²) in [4.78, 5) is 15.1. The molecule has 1 aliphatic heterocycles. The van der Waals surface area contributed by atoms with Crippen LogP contribution in [0.5, 0.6) is 0 Å². The predicted octanol–water partition coefficient (Wildman–Crippen LogP) is 2.42. The fraction of sp³-hybridized carbons (Fsp3) is 0.333. The summed E-state index contributed by atoms with van der Waals surface area (Å²) in [5, 5.41) is 8.12. The lowest BCUT2D eigenvalue weighted by Crippen LogP contribution is -2.44. The Hall–Kier alpha value is -2.60. The van der Waals surface area contributed by atoms with Crippen LogP contribution in [0.15, 0.2) is 36.5 Å². The SMILES string of the molecule is Cc1ccc2[nH]nc(C(=O)N3CCOCC3c3cccn3C)c2c1. The van der Waals surface area contributed by atoms with Crippen LogP contribution in [0.3, 0.4) is 0 Å². The molecule has 1 aromatic carbocycles. The summed E-state index contributed by atoms with van der Waals surface area (Å²) in [6.07, 6.45) is 1.99. The van der Waals surface area contributed by atoms with E-state index in [9.17, 15) is 4.79 Å². The number of nitrogens with one attached hydrogen (secondary N) is 1. The number of fused-ring (bicyclic) bond motifs is 1. The van der Waals surface area contributed by atoms with Gasteiger partial charge in [-0.3, -0.25) is 9.89 Å². The van der Waals surface area contributed by atoms with Gasteiger partial charge in [0, 0.05) is 30.9 Å². The van der Waals surface area contributed by atoms with Gasteiger partial charge in [0.2, 0.25) is 0 Å². The van der Waals surface area contributed by atoms with Crippen molar-refractivity contribution in [1.29, 1.82) is 0 Å². The van der Waals surface area contributed by atoms with Crippen LogP contribution in [-0.4, -0.2) is 45.3 Å². The van der Waals surface area contributed by atoms with E-state index in [1.54, 1.807) is 0 Å². The molecule has 1 unspecified atom stereocenters. The topological polar surface area (TPSA) is 63.1 Å². The molecule has 0 saturated carbocycles. The van der Waals surface area contributed by atoms with Gasteiger partial charge >= 0.3 is 0 Å². The molecule has 2 aromatic heterocycles. The molecule has 24 heavy (non-hydrogen) atoms. The minimum absolute atomic E-state index is 0.0543. The summed E-state index contributed by atoms with van der Waals surface area (Å²) in [7, 11) is 1.99. The molecule has 3 heterocycles. The minimum atomic E-state index is -0.0946. The second-order valence-electron chi connectivity index (χ2n) is 6.25. The molecule has 1 saturated heterocycles. The highest BCUT2D eigenvalue weighted by molar-refractivity contribution is 6.05. The molecule has 1 atom stereocenters. The van der Waals surface area contributed by atoms with Crippen molar-refractivity contribution in [3.63, 3.8) is 0 Å². The molecule has 4 rings (SSSR count). The van der Waals surface area contributed by atoms with E-state index in [-0.39, 0.29) is 11.9 Å². The number of rotatable bonds is 2. The number of H-pyrrole nitrogens is 1. The zero-order valence-corrected chi connectivity index (χ0v) is 13.8. The van der Waals surface area contributed by atoms with Gasteiger partial charge in [-0.1, -0.05) is 11.6 Å². The first-order valence-corrected chi connectivity index (χ1v) is 8.10. The monoisotopic (exact) mass is 324 g/mol. The number of ether oxygens (including phenoxy) is 1. The number of nitrogens with zero attached hydrogens (tertiary/aromatic N) is 3. The molecule has 1 amide bonds. The summed E-state index contributed by atoms with van der Waals surface area (Å²) in [6, 6.07) is 9.90. The van der Waals surface area contributed by atoms with Crippen LogP contribution in [0, 0.1) is 6.92 Å². The summed E-state index contributed by atoms with van der Waals surface area (Å²) in [5.41, 5.74) is 3.54. The number of amides is 1. The summed E-state index contributed by atoms with van der Waals surface area (Å²) in [6.45, 7) is 3.63. The molecule has 1 N–H and O–H groups in total. The van der Waals surface area contributed by atoms with Crippen molar-refractivity contribution in [2.45, 2.75) is 13.0 Å². The molecule has 0 radical (unpaired) electrons. The lowest BCUT2D eigenvalue weighted by atomic mass is 10.1. The van der Waals surface area contributed by atoms with E-state index in [2.05, 4.69) is 10.2 Å². The Bertz CT molecular complexity index is 895. The van der Waals surface area contributed by atoms with Gasteiger partial charge in [0.05, 0.1) is 24.8 Å². The number of carbonyl (C=O) groups excluding carboxylic acids is 1. The van der Waals surface area contributed by atoms with Gasteiger partial charge in [-0.15, -0.1) is 0 Å². The van der Waals surface area contributed by atoms with Crippen molar-refractivity contribution < 1.29 is 9.53 Å². The Morgan fingerprint density at radius 3 is 3.04 bits per heavy atom. The molecule has 1 aliphatic rings. The second-order valence-corrected chi connectivity index (χ2v) is 6.25. The highest BCUT2D eigenvalue weighted by atomic mass is 16.5. The third-order valence-corrected chi connectivity index (χ3v) is 4.64. The first kappa shape index (κ1) is 15.0. The summed E-state index contributed by atoms with van der Waals surface area (Å²) in [5.74, 6) is -0.0543. The normalized spacial score (nSPS) is 18.2. The van der Waals surface area contributed by atoms with Crippen LogP contribution in [0.25, 0.3) is 10.9 Å². The van der Waals surface area contributed by atoms with Crippen molar-refractivity contribution >= 4 is 16.8 Å². The van der Waals surface area contributed by atoms with E-state index in [1.807, 2.05) is 60.0 Å². The van der Waals surface area contributed by atoms with Crippen LogP contribution in [0.4, 0.5) is 0 Å². The maximum absolute atomic E-state index is 13.2. The lowest BCUT2D eigenvalue weighted by Gasteiger charge is -2.35. The van der Waals surface area contributed by atoms with Gasteiger partial charge in [0.25, 0.3) is 5.91 Å². The molecular formula is C18H20N4O2. The molecule has 124 valence electrons. The van der Waals surface area contributed by atoms with Crippen LogP contribution in [0.2, 0.25) is 0 Å². The van der Waals surface area contributed by atoms with E-state index in [0.717, 1.165) is 22.2 Å². The largest absolute Gasteiger partial charge is 0.377 e. The van der Waals surface area contributed by atoms with E-state index in [4.69, 9.17) is 4.74 Å². The van der Waals surface area contributed by atoms with Crippen LogP contribution < -0.4 is 0 Å². The van der Waals surface area contributed by atoms with Crippen molar-refractivity contribution in [3.05, 3.63) is 53.5 Å². The van der Waals surface area contributed by atoms with Gasteiger partial charge in [-0.05, 0) is 31.2 Å². The van der Waals surface area contributed by atoms with Gasteiger partial charge in [0.1, 0.15) is 0 Å². The quantitative estimate of drug-likeness (QED) is 0.787. The third kappa shape index (κ3) is 2.39. The van der Waals surface area contributed by atoms with Gasteiger partial charge < -0.3 is 14.2 Å². The van der Waals surface area contributed by atoms with Crippen molar-refractivity contribution in [2.24, 2.45) is 7.05 Å². The first-order valence-electron chi connectivity index (χ1n) is 8.10. The smallest absolute Gasteiger partial charge is 0.275 e. The minimum Gasteiger partial charge on any atom is -0.377 e. The number of hydrogen-bond donors (Lipinski definition) is 1. The number of aromatic amines is 1. The molecule has 0 spiro atoms. The molecule has 6 nitrogen and oxygen atoms in total. The number of aryl methyl sites for hydroxylation is 2. The Morgan fingerprint density at radius 1 is 1.38 bits per heavy atom. The van der Waals surface area contributed by atoms with E-state index in [1.165, 1.54) is 0 Å². The summed E-state index contributed by atoms with van der Waals surface area (Å²) >= 11 is 0. The van der Waals surface area contributed by atoms with E-state index < -0.39 is 0 Å². The predicted molar refractivity (Wildman–Crippen MR) is 90.8 cm³/mol. The molecule has 3 aromatic rings. The molecule has 0 aliphatic carbocycles. The number of aromatic nitrogens is 3. The fourth-order valence-electron chi connectivity index (χ4n) is 3.34. The third-order valence-electron chi connectivity index (χ3n) is 4.64. The number of morpholine rings is 1. The van der Waals surface area contributed by atoms with Gasteiger partial charge in [0.15, 0.2) is 5.69 Å². The highest BCUT2D eigenvalue weighted by Gasteiger charge is 2.32. The lowest BCUT2D eigenvalue weighted by molar-refractivity contribution is -0.00484. The summed E-state index contributed by atoms with van der Waals surface area (Å²) < 4.78 is 7.66. The number of carbonyl (C=O) groups is 1. The Labute approximate surface area is 140 Å². The zero-order chi connectivity index (χ0) is 16.7. The fourth-order valence-corrected chi connectivity index (χ4v) is 3.34. The maximum atomic E-state index is 13.2. The average molecular weight is 324 g/mol. The van der Waals surface area contributed by atoms with Crippen molar-refractivity contribution in [1.82, 2.24) is 19.7 Å². The van der Waals surface area contributed by atoms with Gasteiger partial charge in [-0.2, -0.15) is 5.10 Å². The van der Waals surface area contributed by atoms with Crippen LogP contribution >= 0.6 is 0 Å². The van der Waals surface area contributed by atoms with Crippen LogP contribution in [0.1, 0.15) is 27.8 Å². The highest BCUT2D eigenvalue weighted by Crippen LogP contribution is 2.27. The Kier molecular flexibility index (Phi) is 3.61. The first-order chi connectivity index (χ1) is 11.6. The molecule has 1 fully saturated rings. The zero-order valence-electron chi connectivity index (χ0n) is 13.8. The molecular weight excluding hydrogens is 304 g/mol. The van der Waals surface area contributed by atoms with Crippen molar-refractivity contribution in [2.75, 3.05) is 19.8 Å². The number of hydrogen-bond acceptors (Lipinski definition) is 3. The second kappa shape index (κ2) is 5.79. The van der Waals surface area contributed by atoms with E-state index >= 15 is 0 Å². The Morgan fingerprint density at radius 2 is 2.25 bits per heavy atom. The molecule has 6 heteroatoms. The van der Waals surface area contributed by atoms with Crippen LogP contribution in [-0.2, 0) is 11.8 Å². The number of benzene rings is 1. The standard InChI is InChI=1S/C18H20N4O2/c1-12-5-6-14-13(10-12)17(20-19-14)18(23)22-8-9-24-11-16(22)15-4-3-7-21(15)2/h3-7,10,16H,8-9,11H2,1-2H3,(H,19,20). The van der Waals surface area contributed by atoms with Gasteiger partial charge in [-0.25, -0.2) is 0 Å². The van der Waals surface area contributed by atoms with E-state index in [0.29, 0.717) is 25.5 Å².